The van der Waals surface area contributed by atoms with E-state index in [2.05, 4.69) is 41.4 Å². The predicted octanol–water partition coefficient (Wildman–Crippen LogP) is 4.24. The minimum absolute atomic E-state index is 0.115. The van der Waals surface area contributed by atoms with Gasteiger partial charge in [-0.15, -0.1) is 11.3 Å². The van der Waals surface area contributed by atoms with E-state index < -0.39 is 0 Å². The van der Waals surface area contributed by atoms with Crippen LogP contribution in [0.15, 0.2) is 35.4 Å². The monoisotopic (exact) mass is 355 g/mol. The van der Waals surface area contributed by atoms with E-state index in [1.54, 1.807) is 17.6 Å². The number of rotatable bonds is 6. The maximum Gasteiger partial charge on any atom is 0.281 e. The van der Waals surface area contributed by atoms with E-state index in [0.29, 0.717) is 0 Å². The van der Waals surface area contributed by atoms with Crippen molar-refractivity contribution in [2.75, 3.05) is 18.0 Å². The molecule has 0 spiro atoms. The normalized spacial score (nSPS) is 13.7. The van der Waals surface area contributed by atoms with Gasteiger partial charge in [-0.3, -0.25) is 4.79 Å². The molecule has 5 heteroatoms. The van der Waals surface area contributed by atoms with Crippen LogP contribution < -0.4 is 10.3 Å². The number of hydrogen-bond donors (Lipinski definition) is 1. The van der Waals surface area contributed by atoms with Crippen LogP contribution in [0, 0.1) is 0 Å². The van der Waals surface area contributed by atoms with E-state index in [-0.39, 0.29) is 5.91 Å². The van der Waals surface area contributed by atoms with Crippen molar-refractivity contribution in [1.29, 1.82) is 0 Å². The van der Waals surface area contributed by atoms with Crippen LogP contribution >= 0.6 is 11.3 Å². The van der Waals surface area contributed by atoms with Crippen molar-refractivity contribution in [2.24, 2.45) is 5.10 Å². The number of nitrogens with one attached hydrogen (secondary N) is 1. The highest BCUT2D eigenvalue weighted by molar-refractivity contribution is 7.14. The number of amides is 1. The number of nitrogens with zero attached hydrogens (tertiary/aromatic N) is 2. The molecule has 132 valence electrons. The minimum atomic E-state index is -0.115. The van der Waals surface area contributed by atoms with Crippen LogP contribution in [-0.2, 0) is 12.8 Å². The van der Waals surface area contributed by atoms with Gasteiger partial charge in [0.1, 0.15) is 0 Å². The molecule has 2 aromatic rings. The molecule has 25 heavy (non-hydrogen) atoms. The Hall–Kier alpha value is -2.14. The Balaban J connectivity index is 1.59. The van der Waals surface area contributed by atoms with Gasteiger partial charge in [-0.1, -0.05) is 12.1 Å². The second kappa shape index (κ2) is 8.30. The number of carbonyl (C=O) groups is 1. The molecule has 0 bridgehead atoms. The molecule has 1 aromatic heterocycles. The van der Waals surface area contributed by atoms with Gasteiger partial charge in [0.2, 0.25) is 0 Å². The van der Waals surface area contributed by atoms with E-state index >= 15 is 0 Å². The van der Waals surface area contributed by atoms with E-state index in [0.717, 1.165) is 36.4 Å². The van der Waals surface area contributed by atoms with E-state index in [1.165, 1.54) is 29.0 Å². The van der Waals surface area contributed by atoms with Gasteiger partial charge in [0.25, 0.3) is 5.91 Å². The zero-order valence-electron chi connectivity index (χ0n) is 14.9. The van der Waals surface area contributed by atoms with Crippen molar-refractivity contribution in [3.05, 3.63) is 51.2 Å². The summed E-state index contributed by atoms with van der Waals surface area (Å²) in [5.74, 6) is -0.115. The van der Waals surface area contributed by atoms with E-state index in [4.69, 9.17) is 0 Å². The van der Waals surface area contributed by atoms with Crippen molar-refractivity contribution in [2.45, 2.75) is 39.5 Å². The first-order valence-corrected chi connectivity index (χ1v) is 9.83. The van der Waals surface area contributed by atoms with Gasteiger partial charge in [0.15, 0.2) is 0 Å². The maximum atomic E-state index is 12.3. The molecule has 0 atom stereocenters. The Morgan fingerprint density at radius 1 is 1.20 bits per heavy atom. The summed E-state index contributed by atoms with van der Waals surface area (Å²) in [6, 6.07) is 10.2. The predicted molar refractivity (Wildman–Crippen MR) is 106 cm³/mol. The molecule has 1 aromatic carbocycles. The molecule has 1 amide bonds. The highest BCUT2D eigenvalue weighted by Gasteiger charge is 2.16. The minimum Gasteiger partial charge on any atom is -0.372 e. The number of benzene rings is 1. The number of thiophene rings is 1. The molecule has 1 heterocycles. The molecule has 4 nitrogen and oxygen atoms in total. The molecule has 1 N–H and O–H groups in total. The lowest BCUT2D eigenvalue weighted by molar-refractivity contribution is 0.0959. The fraction of sp³-hybridized carbons (Fsp3) is 0.400. The Kier molecular flexibility index (Phi) is 5.87. The van der Waals surface area contributed by atoms with Gasteiger partial charge >= 0.3 is 0 Å². The molecule has 3 rings (SSSR count). The Bertz CT molecular complexity index is 721. The van der Waals surface area contributed by atoms with Gasteiger partial charge in [0.05, 0.1) is 11.1 Å². The first kappa shape index (κ1) is 17.7. The summed E-state index contributed by atoms with van der Waals surface area (Å²) in [6.45, 7) is 6.28. The molecule has 0 radical (unpaired) electrons. The van der Waals surface area contributed by atoms with Crippen molar-refractivity contribution in [3.8, 4) is 0 Å². The topological polar surface area (TPSA) is 44.7 Å². The summed E-state index contributed by atoms with van der Waals surface area (Å²) in [6.07, 6.45) is 6.36. The van der Waals surface area contributed by atoms with E-state index in [9.17, 15) is 4.79 Å². The number of hydrogen-bond acceptors (Lipinski definition) is 4. The summed E-state index contributed by atoms with van der Waals surface area (Å²) in [5, 5.41) is 4.11. The summed E-state index contributed by atoms with van der Waals surface area (Å²) >= 11 is 1.61. The number of fused-ring (bicyclic) bond motifs is 1. The fourth-order valence-corrected chi connectivity index (χ4v) is 4.33. The summed E-state index contributed by atoms with van der Waals surface area (Å²) in [4.78, 5) is 16.7. The zero-order valence-corrected chi connectivity index (χ0v) is 15.7. The fourth-order valence-electron chi connectivity index (χ4n) is 3.18. The van der Waals surface area contributed by atoms with Gasteiger partial charge in [-0.25, -0.2) is 5.43 Å². The molecule has 0 unspecified atom stereocenters. The summed E-state index contributed by atoms with van der Waals surface area (Å²) < 4.78 is 0. The first-order valence-electron chi connectivity index (χ1n) is 9.01. The van der Waals surface area contributed by atoms with Gasteiger partial charge in [-0.05, 0) is 68.9 Å². The Morgan fingerprint density at radius 3 is 2.60 bits per heavy atom. The van der Waals surface area contributed by atoms with E-state index in [1.807, 2.05) is 18.2 Å². The lowest BCUT2D eigenvalue weighted by Crippen LogP contribution is -2.21. The average molecular weight is 356 g/mol. The van der Waals surface area contributed by atoms with Crippen LogP contribution in [0.25, 0.3) is 0 Å². The third-order valence-electron chi connectivity index (χ3n) is 4.62. The van der Waals surface area contributed by atoms with Crippen LogP contribution in [0.1, 0.15) is 52.4 Å². The number of hydrazone groups is 1. The first-order chi connectivity index (χ1) is 12.2. The van der Waals surface area contributed by atoms with Crippen LogP contribution in [0.3, 0.4) is 0 Å². The maximum absolute atomic E-state index is 12.3. The van der Waals surface area contributed by atoms with Crippen LogP contribution in [0.4, 0.5) is 5.69 Å². The van der Waals surface area contributed by atoms with Gasteiger partial charge in [-0.2, -0.15) is 5.10 Å². The zero-order chi connectivity index (χ0) is 17.6. The Labute approximate surface area is 153 Å². The number of anilines is 1. The third-order valence-corrected chi connectivity index (χ3v) is 5.86. The van der Waals surface area contributed by atoms with Crippen molar-refractivity contribution < 1.29 is 4.79 Å². The second-order valence-electron chi connectivity index (χ2n) is 6.23. The van der Waals surface area contributed by atoms with Crippen molar-refractivity contribution in [3.63, 3.8) is 0 Å². The third kappa shape index (κ3) is 4.28. The van der Waals surface area contributed by atoms with Gasteiger partial charge < -0.3 is 4.90 Å². The van der Waals surface area contributed by atoms with Crippen LogP contribution in [-0.4, -0.2) is 25.2 Å². The lowest BCUT2D eigenvalue weighted by atomic mass is 9.99. The highest BCUT2D eigenvalue weighted by atomic mass is 32.1. The highest BCUT2D eigenvalue weighted by Crippen LogP contribution is 2.29. The van der Waals surface area contributed by atoms with Crippen LogP contribution in [0.5, 0.6) is 0 Å². The molecule has 1 aliphatic carbocycles. The van der Waals surface area contributed by atoms with Crippen LogP contribution in [0.2, 0.25) is 0 Å². The molecule has 1 aliphatic rings. The lowest BCUT2D eigenvalue weighted by Gasteiger charge is -2.20. The SMILES string of the molecule is CCN(CC)c1ccc(C=NNC(=O)c2cc3c(s2)CCCC3)cc1. The molecule has 0 saturated heterocycles. The molecular weight excluding hydrogens is 330 g/mol. The standard InChI is InChI=1S/C20H25N3OS/c1-3-23(4-2)17-11-9-15(10-12-17)14-21-22-20(24)19-13-16-7-5-6-8-18(16)25-19/h9-14H,3-8H2,1-2H3,(H,22,24). The molecule has 0 fully saturated rings. The smallest absolute Gasteiger partial charge is 0.281 e. The molecule has 0 aliphatic heterocycles. The van der Waals surface area contributed by atoms with Crippen molar-refractivity contribution >= 4 is 29.1 Å². The number of carbonyl (C=O) groups excluding carboxylic acids is 1. The van der Waals surface area contributed by atoms with Crippen molar-refractivity contribution in [1.82, 2.24) is 5.43 Å². The summed E-state index contributed by atoms with van der Waals surface area (Å²) in [7, 11) is 0. The molecule has 0 saturated carbocycles. The largest absolute Gasteiger partial charge is 0.372 e. The quantitative estimate of drug-likeness (QED) is 0.622. The van der Waals surface area contributed by atoms with Gasteiger partial charge in [0, 0.05) is 23.7 Å². The Morgan fingerprint density at radius 2 is 1.92 bits per heavy atom. The summed E-state index contributed by atoms with van der Waals surface area (Å²) in [5.41, 5.74) is 6.17. The second-order valence-corrected chi connectivity index (χ2v) is 7.37. The molecular formula is C20H25N3OS. The number of aryl methyl sites for hydroxylation is 2. The average Bonchev–Trinajstić information content (AvgIpc) is 3.08.